The lowest BCUT2D eigenvalue weighted by atomic mass is 10.2. The SMILES string of the molecule is COC1C(OC(=O)c2ccccc2)[C@@H](OC(C)=O)O[C@H]1n1ccc(=O)n(C(=O)c2ccccc2)c1=O. The van der Waals surface area contributed by atoms with Gasteiger partial charge in [0.05, 0.1) is 5.56 Å². The number of hydrogen-bond acceptors (Lipinski definition) is 9. The molecule has 0 saturated carbocycles. The molecule has 36 heavy (non-hydrogen) atoms. The molecular formula is C25H22N2O9. The maximum atomic E-state index is 13.3. The molecule has 2 unspecified atom stereocenters. The van der Waals surface area contributed by atoms with Crippen LogP contribution in [-0.2, 0) is 23.7 Å². The van der Waals surface area contributed by atoms with E-state index in [2.05, 4.69) is 0 Å². The van der Waals surface area contributed by atoms with Crippen LogP contribution in [0.25, 0.3) is 0 Å². The molecule has 1 saturated heterocycles. The van der Waals surface area contributed by atoms with Gasteiger partial charge in [0.1, 0.15) is 6.10 Å². The molecule has 4 rings (SSSR count). The van der Waals surface area contributed by atoms with Gasteiger partial charge < -0.3 is 18.9 Å². The van der Waals surface area contributed by atoms with Gasteiger partial charge in [-0.15, -0.1) is 0 Å². The van der Waals surface area contributed by atoms with Crippen LogP contribution in [0.1, 0.15) is 33.9 Å². The summed E-state index contributed by atoms with van der Waals surface area (Å²) < 4.78 is 23.4. The van der Waals surface area contributed by atoms with E-state index >= 15 is 0 Å². The standard InChI is InChI=1S/C25H22N2O9/c1-15(28)34-24-20(35-23(31)17-11-7-4-8-12-17)19(33-2)22(36-24)26-14-13-18(29)27(25(26)32)21(30)16-9-5-3-6-10-16/h3-14,19-20,22,24H,1-2H3/t19?,20?,22-,24+/m1/s1. The van der Waals surface area contributed by atoms with Crippen LogP contribution in [0.2, 0.25) is 0 Å². The first kappa shape index (κ1) is 24.8. The number of carbonyl (C=O) groups excluding carboxylic acids is 3. The molecule has 0 N–H and O–H groups in total. The van der Waals surface area contributed by atoms with Gasteiger partial charge in [-0.3, -0.25) is 19.0 Å². The van der Waals surface area contributed by atoms with Crippen LogP contribution in [0.4, 0.5) is 0 Å². The molecule has 3 aromatic rings. The summed E-state index contributed by atoms with van der Waals surface area (Å²) in [5.74, 6) is -2.30. The number of methoxy groups -OCH3 is 1. The van der Waals surface area contributed by atoms with Crippen molar-refractivity contribution in [2.45, 2.75) is 31.6 Å². The van der Waals surface area contributed by atoms with Crippen molar-refractivity contribution in [1.29, 1.82) is 0 Å². The summed E-state index contributed by atoms with van der Waals surface area (Å²) in [5, 5.41) is 0. The van der Waals surface area contributed by atoms with E-state index in [1.54, 1.807) is 36.4 Å². The fraction of sp³-hybridized carbons (Fsp3) is 0.240. The highest BCUT2D eigenvalue weighted by Gasteiger charge is 2.51. The lowest BCUT2D eigenvalue weighted by Crippen LogP contribution is -2.46. The highest BCUT2D eigenvalue weighted by Crippen LogP contribution is 2.33. The number of aromatic nitrogens is 2. The molecule has 0 spiro atoms. The van der Waals surface area contributed by atoms with Crippen molar-refractivity contribution in [3.05, 3.63) is 105 Å². The Morgan fingerprint density at radius 3 is 2.03 bits per heavy atom. The zero-order chi connectivity index (χ0) is 25.8. The molecule has 11 nitrogen and oxygen atoms in total. The summed E-state index contributed by atoms with van der Waals surface area (Å²) in [5.41, 5.74) is -1.50. The summed E-state index contributed by atoms with van der Waals surface area (Å²) >= 11 is 0. The van der Waals surface area contributed by atoms with Crippen molar-refractivity contribution in [2.75, 3.05) is 7.11 Å². The van der Waals surface area contributed by atoms with E-state index in [0.717, 1.165) is 23.8 Å². The van der Waals surface area contributed by atoms with Crippen LogP contribution < -0.4 is 11.2 Å². The van der Waals surface area contributed by atoms with E-state index in [1.807, 2.05) is 0 Å². The number of benzene rings is 2. The predicted molar refractivity (Wildman–Crippen MR) is 123 cm³/mol. The molecular weight excluding hydrogens is 472 g/mol. The normalized spacial score (nSPS) is 21.1. The molecule has 4 atom stereocenters. The minimum Gasteiger partial charge on any atom is -0.449 e. The minimum absolute atomic E-state index is 0.123. The second kappa shape index (κ2) is 10.5. The van der Waals surface area contributed by atoms with E-state index in [9.17, 15) is 24.0 Å². The van der Waals surface area contributed by atoms with Gasteiger partial charge >= 0.3 is 17.6 Å². The maximum Gasteiger partial charge on any atom is 0.340 e. The topological polar surface area (TPSA) is 132 Å². The summed E-state index contributed by atoms with van der Waals surface area (Å²) in [4.78, 5) is 63.1. The van der Waals surface area contributed by atoms with E-state index in [4.69, 9.17) is 18.9 Å². The third kappa shape index (κ3) is 4.88. The highest BCUT2D eigenvalue weighted by atomic mass is 16.7. The summed E-state index contributed by atoms with van der Waals surface area (Å²) in [6.07, 6.45) is -4.02. The Morgan fingerprint density at radius 1 is 0.833 bits per heavy atom. The zero-order valence-corrected chi connectivity index (χ0v) is 19.3. The first-order valence-corrected chi connectivity index (χ1v) is 10.9. The Kier molecular flexibility index (Phi) is 7.23. The van der Waals surface area contributed by atoms with Gasteiger partial charge in [0, 0.05) is 31.9 Å². The van der Waals surface area contributed by atoms with Gasteiger partial charge in [-0.25, -0.2) is 9.59 Å². The number of carbonyl (C=O) groups is 3. The first-order valence-electron chi connectivity index (χ1n) is 10.9. The number of rotatable bonds is 6. The van der Waals surface area contributed by atoms with E-state index in [-0.39, 0.29) is 11.1 Å². The molecule has 1 aliphatic heterocycles. The lowest BCUT2D eigenvalue weighted by Gasteiger charge is -2.23. The molecule has 2 aromatic carbocycles. The van der Waals surface area contributed by atoms with Crippen LogP contribution in [0, 0.1) is 0 Å². The fourth-order valence-corrected chi connectivity index (χ4v) is 3.81. The van der Waals surface area contributed by atoms with E-state index in [0.29, 0.717) is 4.57 Å². The molecule has 2 heterocycles. The Bertz CT molecular complexity index is 1380. The van der Waals surface area contributed by atoms with Crippen LogP contribution in [0.5, 0.6) is 0 Å². The smallest absolute Gasteiger partial charge is 0.340 e. The summed E-state index contributed by atoms with van der Waals surface area (Å²) in [6.45, 7) is 1.14. The lowest BCUT2D eigenvalue weighted by molar-refractivity contribution is -0.191. The van der Waals surface area contributed by atoms with E-state index in [1.165, 1.54) is 31.4 Å². The van der Waals surface area contributed by atoms with Crippen molar-refractivity contribution >= 4 is 17.8 Å². The van der Waals surface area contributed by atoms with E-state index < -0.39 is 53.8 Å². The van der Waals surface area contributed by atoms with Gasteiger partial charge in [-0.1, -0.05) is 36.4 Å². The van der Waals surface area contributed by atoms with Crippen LogP contribution in [0.3, 0.4) is 0 Å². The minimum atomic E-state index is -1.43. The molecule has 1 aliphatic rings. The van der Waals surface area contributed by atoms with Crippen molar-refractivity contribution in [3.8, 4) is 0 Å². The van der Waals surface area contributed by atoms with Crippen LogP contribution in [-0.4, -0.2) is 52.6 Å². The first-order chi connectivity index (χ1) is 17.3. The summed E-state index contributed by atoms with van der Waals surface area (Å²) in [7, 11) is 1.29. The molecule has 11 heteroatoms. The van der Waals surface area contributed by atoms with Gasteiger partial charge in [-0.2, -0.15) is 4.57 Å². The number of nitrogens with zero attached hydrogens (tertiary/aromatic N) is 2. The number of esters is 2. The largest absolute Gasteiger partial charge is 0.449 e. The Balaban J connectivity index is 1.72. The number of ether oxygens (including phenoxy) is 4. The summed E-state index contributed by atoms with van der Waals surface area (Å²) in [6, 6.07) is 16.9. The number of hydrogen-bond donors (Lipinski definition) is 0. The maximum absolute atomic E-state index is 13.3. The van der Waals surface area contributed by atoms with Crippen molar-refractivity contribution < 1.29 is 33.3 Å². The monoisotopic (exact) mass is 494 g/mol. The van der Waals surface area contributed by atoms with Crippen molar-refractivity contribution in [3.63, 3.8) is 0 Å². The molecule has 0 radical (unpaired) electrons. The fourth-order valence-electron chi connectivity index (χ4n) is 3.81. The zero-order valence-electron chi connectivity index (χ0n) is 19.3. The van der Waals surface area contributed by atoms with Gasteiger partial charge in [0.2, 0.25) is 6.29 Å². The predicted octanol–water partition coefficient (Wildman–Crippen LogP) is 1.36. The second-order valence-electron chi connectivity index (χ2n) is 7.79. The van der Waals surface area contributed by atoms with Crippen LogP contribution in [0.15, 0.2) is 82.5 Å². The van der Waals surface area contributed by atoms with Gasteiger partial charge in [-0.05, 0) is 24.3 Å². The van der Waals surface area contributed by atoms with Gasteiger partial charge in [0.25, 0.3) is 11.5 Å². The molecule has 0 amide bonds. The molecule has 0 aliphatic carbocycles. The third-order valence-corrected chi connectivity index (χ3v) is 5.46. The Hall–Kier alpha value is -4.35. The highest BCUT2D eigenvalue weighted by molar-refractivity contribution is 5.95. The van der Waals surface area contributed by atoms with Crippen LogP contribution >= 0.6 is 0 Å². The Labute approximate surface area is 204 Å². The molecule has 186 valence electrons. The second-order valence-corrected chi connectivity index (χ2v) is 7.79. The average Bonchev–Trinajstić information content (AvgIpc) is 3.20. The average molecular weight is 494 g/mol. The molecule has 1 aromatic heterocycles. The molecule has 1 fully saturated rings. The van der Waals surface area contributed by atoms with Crippen molar-refractivity contribution in [1.82, 2.24) is 9.13 Å². The van der Waals surface area contributed by atoms with Gasteiger partial charge in [0.15, 0.2) is 12.3 Å². The third-order valence-electron chi connectivity index (χ3n) is 5.46. The quantitative estimate of drug-likeness (QED) is 0.466. The molecule has 0 bridgehead atoms. The Morgan fingerprint density at radius 2 is 1.44 bits per heavy atom. The van der Waals surface area contributed by atoms with Crippen molar-refractivity contribution in [2.24, 2.45) is 0 Å².